The molecule has 3 aromatic rings. The van der Waals surface area contributed by atoms with E-state index in [4.69, 9.17) is 0 Å². The molecule has 1 unspecified atom stereocenters. The van der Waals surface area contributed by atoms with Crippen LogP contribution in [0.2, 0.25) is 0 Å². The van der Waals surface area contributed by atoms with E-state index in [0.717, 1.165) is 18.0 Å². The fourth-order valence-electron chi connectivity index (χ4n) is 2.80. The lowest BCUT2D eigenvalue weighted by atomic mass is 10.1. The number of hydrogen-bond donors (Lipinski definition) is 1. The highest BCUT2D eigenvalue weighted by Crippen LogP contribution is 2.33. The third-order valence-electron chi connectivity index (χ3n) is 4.25. The van der Waals surface area contributed by atoms with Gasteiger partial charge in [0.15, 0.2) is 5.69 Å². The van der Waals surface area contributed by atoms with Crippen molar-refractivity contribution in [2.24, 2.45) is 0 Å². The zero-order valence-electron chi connectivity index (χ0n) is 17.0. The molecule has 0 saturated heterocycles. The molecule has 0 aliphatic carbocycles. The summed E-state index contributed by atoms with van der Waals surface area (Å²) in [6, 6.07) is 15.8. The third kappa shape index (κ3) is 6.82. The maximum absolute atomic E-state index is 13.3. The van der Waals surface area contributed by atoms with Crippen LogP contribution in [0, 0.1) is 20.2 Å². The number of alkyl halides is 3. The largest absolute Gasteiger partial charge is 0.435 e. The van der Waals surface area contributed by atoms with E-state index in [2.05, 4.69) is 19.5 Å². The molecule has 2 aromatic carbocycles. The molecule has 15 heteroatoms. The van der Waals surface area contributed by atoms with Gasteiger partial charge >= 0.3 is 6.18 Å². The molecule has 180 valence electrons. The van der Waals surface area contributed by atoms with E-state index in [1.807, 2.05) is 0 Å². The molecular formula is C19H16F3N5O6S. The normalized spacial score (nSPS) is 12.2. The topological polar surface area (TPSA) is 135 Å². The highest BCUT2D eigenvalue weighted by molar-refractivity contribution is 7.97. The Morgan fingerprint density at radius 1 is 1.06 bits per heavy atom. The van der Waals surface area contributed by atoms with Crippen LogP contribution in [-0.4, -0.2) is 39.2 Å². The predicted molar refractivity (Wildman–Crippen MR) is 113 cm³/mol. The molecule has 0 aliphatic heterocycles. The Labute approximate surface area is 193 Å². The van der Waals surface area contributed by atoms with Gasteiger partial charge in [-0.2, -0.15) is 18.3 Å². The van der Waals surface area contributed by atoms with Gasteiger partial charge in [0.2, 0.25) is 0 Å². The Hall–Kier alpha value is -3.85. The van der Waals surface area contributed by atoms with Crippen LogP contribution in [0.1, 0.15) is 5.69 Å². The predicted octanol–water partition coefficient (Wildman–Crippen LogP) is 3.94. The van der Waals surface area contributed by atoms with Gasteiger partial charge in [0.05, 0.1) is 11.4 Å². The second-order valence-corrected chi connectivity index (χ2v) is 7.57. The Balaban J connectivity index is 1.72. The van der Waals surface area contributed by atoms with Gasteiger partial charge in [0, 0.05) is 17.0 Å². The average Bonchev–Trinajstić information content (AvgIpc) is 3.24. The van der Waals surface area contributed by atoms with Crippen LogP contribution in [0.5, 0.6) is 0 Å². The lowest BCUT2D eigenvalue weighted by molar-refractivity contribution is -0.789. The van der Waals surface area contributed by atoms with E-state index in [1.165, 1.54) is 4.68 Å². The average molecular weight is 499 g/mol. The summed E-state index contributed by atoms with van der Waals surface area (Å²) in [7, 11) is 0. The first-order chi connectivity index (χ1) is 16.1. The SMILES string of the molecule is O=[N+]([O-])OCC(CNSc1ccc(-n2nc(C(F)(F)F)cc2-c2ccccc2)cc1)O[N+](=O)[O-]. The van der Waals surface area contributed by atoms with Crippen molar-refractivity contribution in [3.63, 3.8) is 0 Å². The van der Waals surface area contributed by atoms with Crippen molar-refractivity contribution in [1.29, 1.82) is 0 Å². The monoisotopic (exact) mass is 499 g/mol. The van der Waals surface area contributed by atoms with Crippen molar-refractivity contribution in [1.82, 2.24) is 14.5 Å². The summed E-state index contributed by atoms with van der Waals surface area (Å²) < 4.78 is 43.8. The number of aromatic nitrogens is 2. The molecule has 1 N–H and O–H groups in total. The van der Waals surface area contributed by atoms with Gasteiger partial charge in [0.25, 0.3) is 10.2 Å². The molecule has 0 spiro atoms. The van der Waals surface area contributed by atoms with Gasteiger partial charge in [-0.1, -0.05) is 30.3 Å². The molecule has 11 nitrogen and oxygen atoms in total. The molecule has 0 saturated carbocycles. The van der Waals surface area contributed by atoms with E-state index in [-0.39, 0.29) is 12.2 Å². The van der Waals surface area contributed by atoms with Gasteiger partial charge in [-0.3, -0.25) is 4.72 Å². The summed E-state index contributed by atoms with van der Waals surface area (Å²) in [5, 5.41) is 22.3. The first-order valence-corrected chi connectivity index (χ1v) is 10.3. The quantitative estimate of drug-likeness (QED) is 0.236. The summed E-state index contributed by atoms with van der Waals surface area (Å²) in [5.74, 6) is 0. The molecule has 1 heterocycles. The summed E-state index contributed by atoms with van der Waals surface area (Å²) >= 11 is 1.04. The molecular weight excluding hydrogens is 483 g/mol. The van der Waals surface area contributed by atoms with Gasteiger partial charge in [-0.05, 0) is 42.3 Å². The molecule has 34 heavy (non-hydrogen) atoms. The maximum Gasteiger partial charge on any atom is 0.435 e. The Bertz CT molecular complexity index is 1130. The van der Waals surface area contributed by atoms with Gasteiger partial charge in [0.1, 0.15) is 12.7 Å². The van der Waals surface area contributed by atoms with Crippen LogP contribution in [0.15, 0.2) is 65.6 Å². The lowest BCUT2D eigenvalue weighted by Gasteiger charge is -2.14. The molecule has 0 amide bonds. The minimum absolute atomic E-state index is 0.159. The fraction of sp³-hybridized carbons (Fsp3) is 0.211. The van der Waals surface area contributed by atoms with Gasteiger partial charge in [-0.15, -0.1) is 20.2 Å². The molecule has 0 fully saturated rings. The number of rotatable bonds is 11. The summed E-state index contributed by atoms with van der Waals surface area (Å²) in [6.07, 6.45) is -5.85. The molecule has 0 aliphatic rings. The summed E-state index contributed by atoms with van der Waals surface area (Å²) in [4.78, 5) is 29.8. The lowest BCUT2D eigenvalue weighted by Crippen LogP contribution is -2.32. The van der Waals surface area contributed by atoms with Crippen LogP contribution in [0.3, 0.4) is 0 Å². The second kappa shape index (κ2) is 10.8. The maximum atomic E-state index is 13.3. The molecule has 0 radical (unpaired) electrons. The molecule has 3 rings (SSSR count). The number of halogens is 3. The molecule has 0 bridgehead atoms. The van der Waals surface area contributed by atoms with Crippen molar-refractivity contribution in [3.05, 3.63) is 86.6 Å². The molecule has 1 atom stereocenters. The van der Waals surface area contributed by atoms with E-state index in [9.17, 15) is 33.4 Å². The highest BCUT2D eigenvalue weighted by Gasteiger charge is 2.35. The van der Waals surface area contributed by atoms with Crippen molar-refractivity contribution in [2.75, 3.05) is 13.2 Å². The van der Waals surface area contributed by atoms with E-state index in [1.54, 1.807) is 54.6 Å². The van der Waals surface area contributed by atoms with Crippen LogP contribution in [0.4, 0.5) is 13.2 Å². The van der Waals surface area contributed by atoms with Crippen LogP contribution in [0.25, 0.3) is 16.9 Å². The fourth-order valence-corrected chi connectivity index (χ4v) is 3.50. The zero-order valence-corrected chi connectivity index (χ0v) is 17.9. The van der Waals surface area contributed by atoms with Gasteiger partial charge in [-0.25, -0.2) is 4.68 Å². The van der Waals surface area contributed by atoms with Crippen molar-refractivity contribution in [2.45, 2.75) is 17.2 Å². The van der Waals surface area contributed by atoms with E-state index < -0.39 is 34.8 Å². The molecule has 1 aromatic heterocycles. The smallest absolute Gasteiger partial charge is 0.312 e. The van der Waals surface area contributed by atoms with Crippen molar-refractivity contribution in [3.8, 4) is 16.9 Å². The Morgan fingerprint density at radius 2 is 1.74 bits per heavy atom. The van der Waals surface area contributed by atoms with Crippen LogP contribution >= 0.6 is 11.9 Å². The number of hydrogen-bond acceptors (Lipinski definition) is 9. The Kier molecular flexibility index (Phi) is 7.91. The van der Waals surface area contributed by atoms with Crippen LogP contribution < -0.4 is 4.72 Å². The van der Waals surface area contributed by atoms with Crippen LogP contribution in [-0.2, 0) is 15.9 Å². The van der Waals surface area contributed by atoms with E-state index in [0.29, 0.717) is 16.1 Å². The second-order valence-electron chi connectivity index (χ2n) is 6.61. The first-order valence-electron chi connectivity index (χ1n) is 9.45. The first kappa shape index (κ1) is 24.8. The number of benzene rings is 2. The highest BCUT2D eigenvalue weighted by atomic mass is 32.2. The minimum Gasteiger partial charge on any atom is -0.312 e. The number of nitrogens with zero attached hydrogens (tertiary/aromatic N) is 4. The summed E-state index contributed by atoms with van der Waals surface area (Å²) in [5.41, 5.74) is 0.171. The number of nitrogens with one attached hydrogen (secondary N) is 1. The van der Waals surface area contributed by atoms with Crippen molar-refractivity contribution >= 4 is 11.9 Å². The van der Waals surface area contributed by atoms with Crippen molar-refractivity contribution < 1.29 is 33.0 Å². The van der Waals surface area contributed by atoms with E-state index >= 15 is 0 Å². The standard InChI is InChI=1S/C19H16F3N5O6S/c20-19(21,22)18-10-17(13-4-2-1-3-5-13)25(24-18)14-6-8-16(9-7-14)34-23-11-15(33-27(30)31)12-32-26(28)29/h1-10,15,23H,11-12H2. The Morgan fingerprint density at radius 3 is 2.32 bits per heavy atom. The third-order valence-corrected chi connectivity index (χ3v) is 5.07. The minimum atomic E-state index is -4.62. The zero-order chi connectivity index (χ0) is 24.7. The van der Waals surface area contributed by atoms with Gasteiger partial charge < -0.3 is 9.68 Å². The summed E-state index contributed by atoms with van der Waals surface area (Å²) in [6.45, 7) is -0.808.